The van der Waals surface area contributed by atoms with Crippen LogP contribution >= 0.6 is 11.6 Å². The molecule has 0 unspecified atom stereocenters. The average molecular weight is 413 g/mol. The fourth-order valence-corrected chi connectivity index (χ4v) is 2.72. The number of amides is 1. The van der Waals surface area contributed by atoms with Crippen molar-refractivity contribution in [1.29, 1.82) is 0 Å². The molecule has 0 saturated heterocycles. The number of ether oxygens (including phenoxy) is 2. The highest BCUT2D eigenvalue weighted by Crippen LogP contribution is 2.29. The minimum absolute atomic E-state index is 0.0782. The van der Waals surface area contributed by atoms with Crippen molar-refractivity contribution in [3.8, 4) is 11.5 Å². The van der Waals surface area contributed by atoms with Gasteiger partial charge >= 0.3 is 0 Å². The largest absolute Gasteiger partial charge is 0.493 e. The zero-order valence-corrected chi connectivity index (χ0v) is 16.3. The Bertz CT molecular complexity index is 1040. The second-order valence-electron chi connectivity index (χ2n) is 5.97. The van der Waals surface area contributed by atoms with Gasteiger partial charge in [-0.15, -0.1) is 0 Å². The van der Waals surface area contributed by atoms with Crippen molar-refractivity contribution in [3.05, 3.63) is 94.3 Å². The molecule has 0 atom stereocenters. The van der Waals surface area contributed by atoms with Gasteiger partial charge in [-0.3, -0.25) is 4.79 Å². The highest BCUT2D eigenvalue weighted by atomic mass is 35.5. The molecular weight excluding hydrogens is 395 g/mol. The van der Waals surface area contributed by atoms with Crippen LogP contribution in [0.2, 0.25) is 5.02 Å². The van der Waals surface area contributed by atoms with Crippen LogP contribution in [0.1, 0.15) is 21.5 Å². The van der Waals surface area contributed by atoms with E-state index in [1.807, 2.05) is 18.2 Å². The summed E-state index contributed by atoms with van der Waals surface area (Å²) in [6.45, 7) is 0.294. The third-order valence-corrected chi connectivity index (χ3v) is 4.40. The normalized spacial score (nSPS) is 10.7. The van der Waals surface area contributed by atoms with Gasteiger partial charge in [0.1, 0.15) is 12.4 Å². The lowest BCUT2D eigenvalue weighted by Gasteiger charge is -2.12. The fraction of sp³-hybridized carbons (Fsp3) is 0.0909. The molecule has 3 aromatic rings. The summed E-state index contributed by atoms with van der Waals surface area (Å²) < 4.78 is 24.8. The first kappa shape index (κ1) is 20.4. The molecule has 3 rings (SSSR count). The minimum atomic E-state index is -0.633. The SMILES string of the molecule is COc1cc(/C=N/NC(=O)c2ccccc2F)ccc1OCc1ccccc1Cl. The van der Waals surface area contributed by atoms with E-state index in [0.29, 0.717) is 28.7 Å². The first-order valence-electron chi connectivity index (χ1n) is 8.70. The second-order valence-corrected chi connectivity index (χ2v) is 6.38. The van der Waals surface area contributed by atoms with Gasteiger partial charge in [0.15, 0.2) is 11.5 Å². The van der Waals surface area contributed by atoms with E-state index in [4.69, 9.17) is 21.1 Å². The van der Waals surface area contributed by atoms with Crippen LogP contribution in [0.4, 0.5) is 4.39 Å². The van der Waals surface area contributed by atoms with Gasteiger partial charge in [0.05, 0.1) is 18.9 Å². The van der Waals surface area contributed by atoms with E-state index in [0.717, 1.165) is 5.56 Å². The molecule has 7 heteroatoms. The monoisotopic (exact) mass is 412 g/mol. The molecule has 5 nitrogen and oxygen atoms in total. The molecule has 0 fully saturated rings. The lowest BCUT2D eigenvalue weighted by atomic mass is 10.2. The number of rotatable bonds is 7. The van der Waals surface area contributed by atoms with Crippen molar-refractivity contribution in [1.82, 2.24) is 5.43 Å². The van der Waals surface area contributed by atoms with Crippen LogP contribution < -0.4 is 14.9 Å². The summed E-state index contributed by atoms with van der Waals surface area (Å²) in [5, 5.41) is 4.49. The van der Waals surface area contributed by atoms with Gasteiger partial charge in [-0.1, -0.05) is 41.9 Å². The van der Waals surface area contributed by atoms with E-state index < -0.39 is 11.7 Å². The zero-order valence-electron chi connectivity index (χ0n) is 15.6. The van der Waals surface area contributed by atoms with Crippen LogP contribution in [-0.2, 0) is 6.61 Å². The number of halogens is 2. The van der Waals surface area contributed by atoms with Crippen molar-refractivity contribution in [2.45, 2.75) is 6.61 Å². The molecule has 1 amide bonds. The van der Waals surface area contributed by atoms with E-state index in [9.17, 15) is 9.18 Å². The maximum Gasteiger partial charge on any atom is 0.274 e. The summed E-state index contributed by atoms with van der Waals surface area (Å²) in [5.41, 5.74) is 3.75. The van der Waals surface area contributed by atoms with Crippen molar-refractivity contribution in [2.75, 3.05) is 7.11 Å². The molecule has 0 bridgehead atoms. The van der Waals surface area contributed by atoms with Gasteiger partial charge in [-0.25, -0.2) is 9.82 Å². The third kappa shape index (κ3) is 5.33. The van der Waals surface area contributed by atoms with Crippen molar-refractivity contribution >= 4 is 23.7 Å². The van der Waals surface area contributed by atoms with Gasteiger partial charge in [-0.2, -0.15) is 5.10 Å². The molecule has 148 valence electrons. The Balaban J connectivity index is 1.65. The molecule has 0 aliphatic rings. The topological polar surface area (TPSA) is 59.9 Å². The summed E-state index contributed by atoms with van der Waals surface area (Å²) in [4.78, 5) is 12.0. The van der Waals surface area contributed by atoms with E-state index in [2.05, 4.69) is 10.5 Å². The number of hydrazone groups is 1. The second kappa shape index (κ2) is 9.71. The molecule has 0 aromatic heterocycles. The highest BCUT2D eigenvalue weighted by Gasteiger charge is 2.10. The van der Waals surface area contributed by atoms with Crippen LogP contribution in [0, 0.1) is 5.82 Å². The van der Waals surface area contributed by atoms with E-state index in [1.54, 1.807) is 30.3 Å². The summed E-state index contributed by atoms with van der Waals surface area (Å²) in [7, 11) is 1.53. The zero-order chi connectivity index (χ0) is 20.6. The predicted molar refractivity (Wildman–Crippen MR) is 110 cm³/mol. The molecular formula is C22H18ClFN2O3. The van der Waals surface area contributed by atoms with Crippen molar-refractivity contribution < 1.29 is 18.7 Å². The molecule has 0 heterocycles. The molecule has 0 saturated carbocycles. The van der Waals surface area contributed by atoms with E-state index in [-0.39, 0.29) is 5.56 Å². The van der Waals surface area contributed by atoms with Crippen molar-refractivity contribution in [3.63, 3.8) is 0 Å². The van der Waals surface area contributed by atoms with Crippen LogP contribution in [0.5, 0.6) is 11.5 Å². The Morgan fingerprint density at radius 2 is 1.86 bits per heavy atom. The van der Waals surface area contributed by atoms with Crippen LogP contribution in [-0.4, -0.2) is 19.2 Å². The number of carbonyl (C=O) groups is 1. The first-order valence-corrected chi connectivity index (χ1v) is 9.08. The van der Waals surface area contributed by atoms with Gasteiger partial charge in [0.25, 0.3) is 5.91 Å². The van der Waals surface area contributed by atoms with Gasteiger partial charge < -0.3 is 9.47 Å². The number of methoxy groups -OCH3 is 1. The Morgan fingerprint density at radius 1 is 1.10 bits per heavy atom. The standard InChI is InChI=1S/C22H18ClFN2O3/c1-28-21-12-15(13-25-26-22(27)17-7-3-5-9-19(17)24)10-11-20(21)29-14-16-6-2-4-8-18(16)23/h2-13H,14H2,1H3,(H,26,27)/b25-13+. The molecule has 29 heavy (non-hydrogen) atoms. The van der Waals surface area contributed by atoms with Gasteiger partial charge in [0, 0.05) is 10.6 Å². The maximum absolute atomic E-state index is 13.6. The fourth-order valence-electron chi connectivity index (χ4n) is 2.53. The lowest BCUT2D eigenvalue weighted by Crippen LogP contribution is -2.18. The summed E-state index contributed by atoms with van der Waals surface area (Å²) in [6.07, 6.45) is 1.43. The molecule has 0 radical (unpaired) electrons. The highest BCUT2D eigenvalue weighted by molar-refractivity contribution is 6.31. The molecule has 0 aliphatic carbocycles. The Labute approximate surface area is 172 Å². The predicted octanol–water partition coefficient (Wildman–Crippen LogP) is 4.83. The Morgan fingerprint density at radius 3 is 2.62 bits per heavy atom. The van der Waals surface area contributed by atoms with Crippen LogP contribution in [0.3, 0.4) is 0 Å². The lowest BCUT2D eigenvalue weighted by molar-refractivity contribution is 0.0951. The number of benzene rings is 3. The first-order chi connectivity index (χ1) is 14.1. The number of nitrogens with zero attached hydrogens (tertiary/aromatic N) is 1. The van der Waals surface area contributed by atoms with E-state index in [1.165, 1.54) is 31.5 Å². The van der Waals surface area contributed by atoms with Gasteiger partial charge in [-0.05, 0) is 42.0 Å². The molecule has 1 N–H and O–H groups in total. The number of nitrogens with one attached hydrogen (secondary N) is 1. The van der Waals surface area contributed by atoms with Crippen molar-refractivity contribution in [2.24, 2.45) is 5.10 Å². The minimum Gasteiger partial charge on any atom is -0.493 e. The molecule has 0 spiro atoms. The number of hydrogen-bond acceptors (Lipinski definition) is 4. The number of carbonyl (C=O) groups excluding carboxylic acids is 1. The quantitative estimate of drug-likeness (QED) is 0.446. The summed E-state index contributed by atoms with van der Waals surface area (Å²) in [6, 6.07) is 18.3. The average Bonchev–Trinajstić information content (AvgIpc) is 2.74. The maximum atomic E-state index is 13.6. The van der Waals surface area contributed by atoms with Crippen LogP contribution in [0.25, 0.3) is 0 Å². The number of hydrogen-bond donors (Lipinski definition) is 1. The summed E-state index contributed by atoms with van der Waals surface area (Å²) >= 11 is 6.14. The molecule has 3 aromatic carbocycles. The molecule has 0 aliphatic heterocycles. The Hall–Kier alpha value is -3.38. The van der Waals surface area contributed by atoms with E-state index >= 15 is 0 Å². The van der Waals surface area contributed by atoms with Gasteiger partial charge in [0.2, 0.25) is 0 Å². The Kier molecular flexibility index (Phi) is 6.81. The summed E-state index contributed by atoms with van der Waals surface area (Å²) in [5.74, 6) is -0.200. The van der Waals surface area contributed by atoms with Crippen LogP contribution in [0.15, 0.2) is 71.8 Å². The smallest absolute Gasteiger partial charge is 0.274 e. The third-order valence-electron chi connectivity index (χ3n) is 4.03.